The molecule has 1 aromatic carbocycles. The Morgan fingerprint density at radius 1 is 1.13 bits per heavy atom. The summed E-state index contributed by atoms with van der Waals surface area (Å²) in [5.41, 5.74) is 4.25. The Morgan fingerprint density at radius 3 is 2.68 bits per heavy atom. The van der Waals surface area contributed by atoms with Crippen molar-refractivity contribution in [3.8, 4) is 28.1 Å². The molecule has 1 amide bonds. The van der Waals surface area contributed by atoms with Crippen LogP contribution in [0, 0.1) is 0 Å². The third-order valence-electron chi connectivity index (χ3n) is 5.54. The summed E-state index contributed by atoms with van der Waals surface area (Å²) in [5, 5.41) is 3.60. The summed E-state index contributed by atoms with van der Waals surface area (Å²) in [6, 6.07) is 12.9. The van der Waals surface area contributed by atoms with Crippen molar-refractivity contribution in [3.63, 3.8) is 0 Å². The van der Waals surface area contributed by atoms with Crippen LogP contribution in [0.25, 0.3) is 33.3 Å². The van der Waals surface area contributed by atoms with Gasteiger partial charge in [-0.2, -0.15) is 0 Å². The number of carbonyl (C=O) groups is 1. The van der Waals surface area contributed by atoms with Crippen molar-refractivity contribution in [3.05, 3.63) is 73.2 Å². The van der Waals surface area contributed by atoms with Gasteiger partial charge in [0.15, 0.2) is 0 Å². The second kappa shape index (κ2) is 11.7. The van der Waals surface area contributed by atoms with Crippen molar-refractivity contribution in [2.45, 2.75) is 6.73 Å². The van der Waals surface area contributed by atoms with Crippen LogP contribution in [0.4, 0.5) is 5.69 Å². The number of hydrogen-bond acceptors (Lipinski definition) is 7. The molecule has 0 bridgehead atoms. The number of aromatic nitrogens is 3. The molecular weight excluding hydrogens is 509 g/mol. The zero-order chi connectivity index (χ0) is 27.3. The molecule has 4 rings (SSSR count). The molecule has 0 aliphatic rings. The third kappa shape index (κ3) is 6.91. The predicted molar refractivity (Wildman–Crippen MR) is 144 cm³/mol. The molecule has 0 aliphatic carbocycles. The quantitative estimate of drug-likeness (QED) is 0.203. The molecule has 0 aliphatic heterocycles. The van der Waals surface area contributed by atoms with E-state index in [9.17, 15) is 19.1 Å². The molecule has 0 spiro atoms. The molecule has 3 N–H and O–H groups in total. The van der Waals surface area contributed by atoms with Crippen LogP contribution in [0.1, 0.15) is 0 Å². The molecule has 4 aromatic rings. The Labute approximate surface area is 219 Å². The van der Waals surface area contributed by atoms with E-state index in [4.69, 9.17) is 9.26 Å². The van der Waals surface area contributed by atoms with Crippen LogP contribution < -0.4 is 10.1 Å². The molecule has 3 heterocycles. The Bertz CT molecular complexity index is 1530. The summed E-state index contributed by atoms with van der Waals surface area (Å²) in [4.78, 5) is 41.4. The van der Waals surface area contributed by atoms with Gasteiger partial charge in [0.25, 0.3) is 0 Å². The van der Waals surface area contributed by atoms with Crippen LogP contribution in [-0.4, -0.2) is 62.9 Å². The molecule has 11 nitrogen and oxygen atoms in total. The molecule has 0 fully saturated rings. The SMILES string of the molecule is COc1cc(-c2cn(COP(=O)(O)O)c3ncc(-c4cccc(NC(=O)/C=C/CN(C)C)c4)cc23)ccn1. The largest absolute Gasteiger partial charge is 0.481 e. The highest BCUT2D eigenvalue weighted by molar-refractivity contribution is 7.46. The number of hydrogen-bond donors (Lipinski definition) is 3. The van der Waals surface area contributed by atoms with Crippen LogP contribution >= 0.6 is 7.82 Å². The van der Waals surface area contributed by atoms with Gasteiger partial charge in [-0.25, -0.2) is 14.5 Å². The second-order valence-corrected chi connectivity index (χ2v) is 9.92. The number of phosphoric acid groups is 1. The number of anilines is 1. The number of ether oxygens (including phenoxy) is 1. The second-order valence-electron chi connectivity index (χ2n) is 8.68. The first-order valence-corrected chi connectivity index (χ1v) is 13.1. The topological polar surface area (TPSA) is 139 Å². The first kappa shape index (κ1) is 27.2. The minimum Gasteiger partial charge on any atom is -0.481 e. The van der Waals surface area contributed by atoms with Crippen molar-refractivity contribution in [2.24, 2.45) is 0 Å². The highest BCUT2D eigenvalue weighted by Gasteiger charge is 2.18. The van der Waals surface area contributed by atoms with Gasteiger partial charge in [0.2, 0.25) is 11.8 Å². The molecule has 12 heteroatoms. The molecule has 0 saturated carbocycles. The van der Waals surface area contributed by atoms with Gasteiger partial charge in [-0.05, 0) is 49.5 Å². The maximum atomic E-state index is 12.3. The maximum Gasteiger partial charge on any atom is 0.471 e. The number of nitrogens with zero attached hydrogens (tertiary/aromatic N) is 4. The lowest BCUT2D eigenvalue weighted by Gasteiger charge is -2.09. The fourth-order valence-electron chi connectivity index (χ4n) is 3.81. The van der Waals surface area contributed by atoms with Crippen molar-refractivity contribution < 1.29 is 28.4 Å². The summed E-state index contributed by atoms with van der Waals surface area (Å²) in [6.07, 6.45) is 8.26. The molecule has 198 valence electrons. The standard InChI is InChI=1S/C26H28N5O6P/c1-30(2)11-5-8-24(32)29-21-7-4-6-18(12-21)20-13-22-23(19-9-10-27-25(14-19)36-3)16-31(26(22)28-15-20)17-37-38(33,34)35/h4-10,12-16H,11,17H2,1-3H3,(H,29,32)(H2,33,34,35)/b8-5+. The average molecular weight is 538 g/mol. The van der Waals surface area contributed by atoms with Gasteiger partial charge in [-0.3, -0.25) is 9.32 Å². The van der Waals surface area contributed by atoms with E-state index in [0.717, 1.165) is 27.6 Å². The van der Waals surface area contributed by atoms with E-state index >= 15 is 0 Å². The number of amides is 1. The number of pyridine rings is 2. The Morgan fingerprint density at radius 2 is 1.95 bits per heavy atom. The number of rotatable bonds is 10. The number of methoxy groups -OCH3 is 1. The Hall–Kier alpha value is -3.86. The number of benzene rings is 1. The van der Waals surface area contributed by atoms with Crippen molar-refractivity contribution >= 4 is 30.5 Å². The van der Waals surface area contributed by atoms with Gasteiger partial charge < -0.3 is 29.3 Å². The predicted octanol–water partition coefficient (Wildman–Crippen LogP) is 3.90. The minimum absolute atomic E-state index is 0.228. The first-order chi connectivity index (χ1) is 18.1. The number of likely N-dealkylation sites (N-methyl/N-ethyl adjacent to an activating group) is 1. The number of carbonyl (C=O) groups excluding carboxylic acids is 1. The van der Waals surface area contributed by atoms with Crippen LogP contribution in [0.2, 0.25) is 0 Å². The van der Waals surface area contributed by atoms with Gasteiger partial charge in [0.05, 0.1) is 7.11 Å². The average Bonchev–Trinajstić information content (AvgIpc) is 3.25. The van der Waals surface area contributed by atoms with Gasteiger partial charge in [-0.1, -0.05) is 18.2 Å². The third-order valence-corrected chi connectivity index (χ3v) is 5.99. The number of nitrogens with one attached hydrogen (secondary N) is 1. The monoisotopic (exact) mass is 537 g/mol. The lowest BCUT2D eigenvalue weighted by Crippen LogP contribution is -2.12. The summed E-state index contributed by atoms with van der Waals surface area (Å²) in [7, 11) is 0.674. The number of fused-ring (bicyclic) bond motifs is 1. The highest BCUT2D eigenvalue weighted by atomic mass is 31.2. The Kier molecular flexibility index (Phi) is 8.35. The lowest BCUT2D eigenvalue weighted by atomic mass is 10.0. The molecule has 0 unspecified atom stereocenters. The van der Waals surface area contributed by atoms with Gasteiger partial charge in [-0.15, -0.1) is 0 Å². The molecule has 3 aromatic heterocycles. The highest BCUT2D eigenvalue weighted by Crippen LogP contribution is 2.38. The minimum atomic E-state index is -4.69. The molecule has 0 atom stereocenters. The molecule has 0 radical (unpaired) electrons. The van der Waals surface area contributed by atoms with Crippen LogP contribution in [-0.2, 0) is 20.6 Å². The van der Waals surface area contributed by atoms with Crippen LogP contribution in [0.3, 0.4) is 0 Å². The van der Waals surface area contributed by atoms with Crippen LogP contribution in [0.5, 0.6) is 5.88 Å². The van der Waals surface area contributed by atoms with E-state index in [1.807, 2.05) is 43.3 Å². The van der Waals surface area contributed by atoms with E-state index in [1.54, 1.807) is 42.9 Å². The fourth-order valence-corrected chi connectivity index (χ4v) is 4.09. The van der Waals surface area contributed by atoms with Gasteiger partial charge >= 0.3 is 7.82 Å². The summed E-state index contributed by atoms with van der Waals surface area (Å²) < 4.78 is 22.8. The summed E-state index contributed by atoms with van der Waals surface area (Å²) in [6.45, 7) is 0.266. The normalized spacial score (nSPS) is 11.9. The van der Waals surface area contributed by atoms with E-state index in [1.165, 1.54) is 17.8 Å². The van der Waals surface area contributed by atoms with E-state index < -0.39 is 14.6 Å². The molecule has 38 heavy (non-hydrogen) atoms. The van der Waals surface area contributed by atoms with Gasteiger partial charge in [0.1, 0.15) is 12.4 Å². The van der Waals surface area contributed by atoms with Gasteiger partial charge in [0, 0.05) is 59.5 Å². The summed E-state index contributed by atoms with van der Waals surface area (Å²) >= 11 is 0. The maximum absolute atomic E-state index is 12.3. The van der Waals surface area contributed by atoms with Crippen molar-refractivity contribution in [1.29, 1.82) is 0 Å². The van der Waals surface area contributed by atoms with Crippen molar-refractivity contribution in [1.82, 2.24) is 19.4 Å². The van der Waals surface area contributed by atoms with E-state index in [-0.39, 0.29) is 5.91 Å². The summed E-state index contributed by atoms with van der Waals surface area (Å²) in [5.74, 6) is 0.190. The zero-order valence-electron chi connectivity index (χ0n) is 21.1. The van der Waals surface area contributed by atoms with E-state index in [0.29, 0.717) is 23.8 Å². The number of phosphoric ester groups is 1. The molecule has 0 saturated heterocycles. The lowest BCUT2D eigenvalue weighted by molar-refractivity contribution is -0.111. The fraction of sp³-hybridized carbons (Fsp3) is 0.192. The Balaban J connectivity index is 1.71. The zero-order valence-corrected chi connectivity index (χ0v) is 22.0. The van der Waals surface area contributed by atoms with Crippen molar-refractivity contribution in [2.75, 3.05) is 33.1 Å². The van der Waals surface area contributed by atoms with Crippen LogP contribution in [0.15, 0.2) is 73.2 Å². The first-order valence-electron chi connectivity index (χ1n) is 11.5. The van der Waals surface area contributed by atoms with E-state index in [2.05, 4.69) is 15.3 Å². The molecular formula is C26H28N5O6P. The smallest absolute Gasteiger partial charge is 0.471 e.